The van der Waals surface area contributed by atoms with Crippen molar-refractivity contribution in [1.82, 2.24) is 4.98 Å². The molecule has 0 amide bonds. The Morgan fingerprint density at radius 3 is 2.65 bits per heavy atom. The summed E-state index contributed by atoms with van der Waals surface area (Å²) in [5.41, 5.74) is 0.0632. The number of nitrogens with zero attached hydrogens (tertiary/aromatic N) is 2. The number of aromatic carboxylic acids is 1. The summed E-state index contributed by atoms with van der Waals surface area (Å²) in [5, 5.41) is 20.1. The fourth-order valence-corrected chi connectivity index (χ4v) is 2.61. The van der Waals surface area contributed by atoms with Crippen LogP contribution >= 0.6 is 27.7 Å². The van der Waals surface area contributed by atoms with E-state index in [4.69, 9.17) is 5.11 Å². The average Bonchev–Trinajstić information content (AvgIpc) is 2.41. The van der Waals surface area contributed by atoms with E-state index in [-0.39, 0.29) is 11.3 Å². The van der Waals surface area contributed by atoms with Crippen molar-refractivity contribution in [2.45, 2.75) is 9.92 Å². The molecule has 0 aliphatic rings. The van der Waals surface area contributed by atoms with Gasteiger partial charge in [-0.25, -0.2) is 9.78 Å². The molecule has 1 aromatic heterocycles. The summed E-state index contributed by atoms with van der Waals surface area (Å²) in [7, 11) is 0. The van der Waals surface area contributed by atoms with Crippen molar-refractivity contribution < 1.29 is 14.8 Å². The second kappa shape index (κ2) is 6.02. The van der Waals surface area contributed by atoms with Crippen molar-refractivity contribution in [2.24, 2.45) is 0 Å². The van der Waals surface area contributed by atoms with E-state index in [9.17, 15) is 14.9 Å². The molecule has 0 saturated heterocycles. The van der Waals surface area contributed by atoms with Gasteiger partial charge in [-0.3, -0.25) is 10.1 Å². The third-order valence-corrected chi connectivity index (χ3v) is 3.95. The van der Waals surface area contributed by atoms with Crippen molar-refractivity contribution in [1.29, 1.82) is 0 Å². The van der Waals surface area contributed by atoms with Gasteiger partial charge in [-0.15, -0.1) is 0 Å². The molecule has 0 fully saturated rings. The average molecular weight is 355 g/mol. The molecule has 0 saturated carbocycles. The highest BCUT2D eigenvalue weighted by Crippen LogP contribution is 2.30. The lowest BCUT2D eigenvalue weighted by Crippen LogP contribution is -1.97. The molecule has 0 bridgehead atoms. The Hall–Kier alpha value is -1.93. The summed E-state index contributed by atoms with van der Waals surface area (Å²) in [5.74, 6) is -1.03. The Labute approximate surface area is 126 Å². The molecule has 1 aromatic carbocycles. The van der Waals surface area contributed by atoms with E-state index in [1.807, 2.05) is 0 Å². The normalized spacial score (nSPS) is 10.2. The molecule has 0 spiro atoms. The first-order chi connectivity index (χ1) is 9.47. The molecule has 20 heavy (non-hydrogen) atoms. The van der Waals surface area contributed by atoms with Crippen LogP contribution in [0.2, 0.25) is 0 Å². The van der Waals surface area contributed by atoms with Crippen LogP contribution in [0.1, 0.15) is 10.4 Å². The summed E-state index contributed by atoms with van der Waals surface area (Å²) >= 11 is 4.39. The molecular weight excluding hydrogens is 348 g/mol. The van der Waals surface area contributed by atoms with Crippen LogP contribution < -0.4 is 0 Å². The van der Waals surface area contributed by atoms with E-state index in [2.05, 4.69) is 20.9 Å². The van der Waals surface area contributed by atoms with Gasteiger partial charge in [0, 0.05) is 15.4 Å². The molecule has 2 rings (SSSR count). The van der Waals surface area contributed by atoms with Gasteiger partial charge in [-0.2, -0.15) is 0 Å². The van der Waals surface area contributed by atoms with Crippen LogP contribution in [0.3, 0.4) is 0 Å². The highest BCUT2D eigenvalue weighted by atomic mass is 79.9. The minimum absolute atomic E-state index is 0.0867. The number of hydrogen-bond acceptors (Lipinski definition) is 5. The summed E-state index contributed by atoms with van der Waals surface area (Å²) in [6.07, 6.45) is 1.17. The summed E-state index contributed by atoms with van der Waals surface area (Å²) in [4.78, 5) is 25.6. The van der Waals surface area contributed by atoms with Crippen LogP contribution in [0.25, 0.3) is 0 Å². The first-order valence-corrected chi connectivity index (χ1v) is 6.89. The Morgan fingerprint density at radius 1 is 1.35 bits per heavy atom. The van der Waals surface area contributed by atoms with E-state index < -0.39 is 10.9 Å². The third-order valence-electron chi connectivity index (χ3n) is 2.32. The largest absolute Gasteiger partial charge is 0.478 e. The van der Waals surface area contributed by atoms with Gasteiger partial charge >= 0.3 is 5.97 Å². The molecule has 1 heterocycles. The van der Waals surface area contributed by atoms with Crippen LogP contribution in [0.5, 0.6) is 0 Å². The highest BCUT2D eigenvalue weighted by Gasteiger charge is 2.11. The maximum Gasteiger partial charge on any atom is 0.336 e. The van der Waals surface area contributed by atoms with Gasteiger partial charge < -0.3 is 5.11 Å². The minimum Gasteiger partial charge on any atom is -0.478 e. The smallest absolute Gasteiger partial charge is 0.336 e. The van der Waals surface area contributed by atoms with E-state index in [0.717, 1.165) is 0 Å². The summed E-state index contributed by atoms with van der Waals surface area (Å²) in [6, 6.07) is 7.76. The number of halogens is 1. The predicted molar refractivity (Wildman–Crippen MR) is 76.1 cm³/mol. The van der Waals surface area contributed by atoms with Crippen molar-refractivity contribution in [3.05, 3.63) is 56.7 Å². The Kier molecular flexibility index (Phi) is 4.35. The maximum atomic E-state index is 11.0. The van der Waals surface area contributed by atoms with Gasteiger partial charge in [-0.1, -0.05) is 11.8 Å². The maximum absolute atomic E-state index is 11.0. The van der Waals surface area contributed by atoms with Gasteiger partial charge in [-0.05, 0) is 40.2 Å². The first-order valence-electron chi connectivity index (χ1n) is 5.28. The van der Waals surface area contributed by atoms with Crippen molar-refractivity contribution in [3.63, 3.8) is 0 Å². The van der Waals surface area contributed by atoms with Crippen LogP contribution in [-0.2, 0) is 0 Å². The second-order valence-electron chi connectivity index (χ2n) is 3.66. The molecule has 0 aliphatic carbocycles. The Bertz CT molecular complexity index is 676. The van der Waals surface area contributed by atoms with Gasteiger partial charge in [0.1, 0.15) is 11.2 Å². The van der Waals surface area contributed by atoms with E-state index in [0.29, 0.717) is 14.4 Å². The number of hydrogen-bond donors (Lipinski definition) is 1. The third kappa shape index (κ3) is 3.34. The quantitative estimate of drug-likeness (QED) is 0.665. The number of carbonyl (C=O) groups is 1. The SMILES string of the molecule is O=C(O)c1cc(Sc2ccc([N+](=O)[O-])cn2)ccc1Br. The number of nitro groups is 1. The van der Waals surface area contributed by atoms with Gasteiger partial charge in [0.25, 0.3) is 5.69 Å². The van der Waals surface area contributed by atoms with Gasteiger partial charge in [0.05, 0.1) is 10.5 Å². The number of aromatic nitrogens is 1. The molecule has 0 radical (unpaired) electrons. The van der Waals surface area contributed by atoms with E-state index >= 15 is 0 Å². The monoisotopic (exact) mass is 354 g/mol. The predicted octanol–water partition coefficient (Wildman–Crippen LogP) is 3.60. The summed E-state index contributed by atoms with van der Waals surface area (Å²) < 4.78 is 0.492. The van der Waals surface area contributed by atoms with Crippen LogP contribution in [0.15, 0.2) is 50.9 Å². The fourth-order valence-electron chi connectivity index (χ4n) is 1.39. The van der Waals surface area contributed by atoms with Gasteiger partial charge in [0.2, 0.25) is 0 Å². The number of rotatable bonds is 4. The number of carboxylic acids is 1. The molecule has 0 aliphatic heterocycles. The molecule has 8 heteroatoms. The molecule has 2 aromatic rings. The molecule has 6 nitrogen and oxygen atoms in total. The molecule has 1 N–H and O–H groups in total. The van der Waals surface area contributed by atoms with Crippen molar-refractivity contribution in [2.75, 3.05) is 0 Å². The lowest BCUT2D eigenvalue weighted by Gasteiger charge is -2.04. The van der Waals surface area contributed by atoms with Crippen molar-refractivity contribution in [3.8, 4) is 0 Å². The van der Waals surface area contributed by atoms with Crippen molar-refractivity contribution >= 4 is 39.3 Å². The van der Waals surface area contributed by atoms with Crippen LogP contribution in [-0.4, -0.2) is 21.0 Å². The molecule has 102 valence electrons. The molecule has 0 atom stereocenters. The Morgan fingerprint density at radius 2 is 2.10 bits per heavy atom. The Balaban J connectivity index is 2.23. The van der Waals surface area contributed by atoms with Gasteiger partial charge in [0.15, 0.2) is 0 Å². The molecule has 0 unspecified atom stereocenters. The standard InChI is InChI=1S/C12H7BrN2O4S/c13-10-3-2-8(5-9(10)12(16)17)20-11-4-1-7(6-14-11)15(18)19/h1-6H,(H,16,17). The van der Waals surface area contributed by atoms with Crippen LogP contribution in [0.4, 0.5) is 5.69 Å². The fraction of sp³-hybridized carbons (Fsp3) is 0. The second-order valence-corrected chi connectivity index (χ2v) is 5.61. The topological polar surface area (TPSA) is 93.3 Å². The van der Waals surface area contributed by atoms with Crippen LogP contribution in [0, 0.1) is 10.1 Å². The first kappa shape index (κ1) is 14.5. The summed E-state index contributed by atoms with van der Waals surface area (Å²) in [6.45, 7) is 0. The molecular formula is C12H7BrN2O4S. The highest BCUT2D eigenvalue weighted by molar-refractivity contribution is 9.10. The number of carboxylic acid groups (broad SMARTS) is 1. The number of benzene rings is 1. The number of pyridine rings is 1. The lowest BCUT2D eigenvalue weighted by atomic mass is 10.2. The zero-order valence-electron chi connectivity index (χ0n) is 9.82. The van der Waals surface area contributed by atoms with E-state index in [1.165, 1.54) is 36.2 Å². The zero-order chi connectivity index (χ0) is 14.7. The zero-order valence-corrected chi connectivity index (χ0v) is 12.2. The van der Waals surface area contributed by atoms with E-state index in [1.54, 1.807) is 12.1 Å². The minimum atomic E-state index is -1.03. The lowest BCUT2D eigenvalue weighted by molar-refractivity contribution is -0.385.